The Bertz CT molecular complexity index is 815. The van der Waals surface area contributed by atoms with Gasteiger partial charge in [-0.3, -0.25) is 14.1 Å². The lowest BCUT2D eigenvalue weighted by atomic mass is 10.1. The summed E-state index contributed by atoms with van der Waals surface area (Å²) < 4.78 is 11.9. The van der Waals surface area contributed by atoms with Crippen LogP contribution in [0.25, 0.3) is 0 Å². The molecule has 0 saturated carbocycles. The molecule has 0 amide bonds. The Morgan fingerprint density at radius 2 is 0.840 bits per heavy atom. The van der Waals surface area contributed by atoms with Crippen molar-refractivity contribution in [2.24, 2.45) is 0 Å². The first kappa shape index (κ1) is 50.7. The van der Waals surface area contributed by atoms with Crippen LogP contribution in [0.1, 0.15) is 201 Å². The summed E-state index contributed by atoms with van der Waals surface area (Å²) in [6.45, 7) is 6.83. The zero-order valence-electron chi connectivity index (χ0n) is 33.6. The molecule has 2 atom stereocenters. The topological polar surface area (TPSA) is 72.8 Å². The molecule has 0 aliphatic rings. The van der Waals surface area contributed by atoms with Gasteiger partial charge in [0.2, 0.25) is 6.10 Å². The highest BCUT2D eigenvalue weighted by Crippen LogP contribution is 2.19. The summed E-state index contributed by atoms with van der Waals surface area (Å²) in [6, 6.07) is 0. The van der Waals surface area contributed by atoms with Gasteiger partial charge in [-0.25, -0.2) is 0 Å². The quantitative estimate of drug-likeness (QED) is 0.0230. The van der Waals surface area contributed by atoms with Gasteiger partial charge in [0.1, 0.15) is 0 Å². The number of nitrogens with zero attached hydrogens (tertiary/aromatic N) is 1. The minimum Gasteiger partial charge on any atom is -1.00 e. The van der Waals surface area contributed by atoms with E-state index in [2.05, 4.69) is 38.2 Å². The van der Waals surface area contributed by atoms with Gasteiger partial charge in [0.05, 0.1) is 27.2 Å². The minimum atomic E-state index is -0.872. The number of rotatable bonds is 36. The number of aliphatic hydroxyl groups is 1. The minimum absolute atomic E-state index is 0. The van der Waals surface area contributed by atoms with Crippen LogP contribution in [0.15, 0.2) is 24.3 Å². The molecular weight excluding hydrogens is 646 g/mol. The van der Waals surface area contributed by atoms with Crippen LogP contribution in [0.3, 0.4) is 0 Å². The number of allylic oxidation sites excluding steroid dienone is 4. The van der Waals surface area contributed by atoms with Crippen LogP contribution >= 0.6 is 0 Å². The average Bonchev–Trinajstić information content (AvgIpc) is 3.09. The number of unbranched alkanes of at least 4 members (excludes halogenated alkanes) is 22. The summed E-state index contributed by atoms with van der Waals surface area (Å²) in [5.41, 5.74) is 0. The van der Waals surface area contributed by atoms with Crippen LogP contribution in [0.2, 0.25) is 0 Å². The first-order chi connectivity index (χ1) is 23.8. The fourth-order valence-electron chi connectivity index (χ4n) is 6.14. The molecule has 0 saturated heterocycles. The van der Waals surface area contributed by atoms with Gasteiger partial charge in [0.15, 0.2) is 0 Å². The second kappa shape index (κ2) is 37.4. The van der Waals surface area contributed by atoms with Crippen molar-refractivity contribution < 1.29 is 41.1 Å². The maximum absolute atomic E-state index is 12.8. The number of hydrogen-bond acceptors (Lipinski definition) is 5. The maximum atomic E-state index is 12.8. The van der Waals surface area contributed by atoms with E-state index >= 15 is 0 Å². The molecule has 6 nitrogen and oxygen atoms in total. The van der Waals surface area contributed by atoms with Crippen LogP contribution in [-0.2, 0) is 19.1 Å². The van der Waals surface area contributed by atoms with E-state index in [-0.39, 0.29) is 31.0 Å². The summed E-state index contributed by atoms with van der Waals surface area (Å²) in [5, 5.41) is 10.1. The third kappa shape index (κ3) is 31.4. The molecule has 0 aliphatic heterocycles. The number of ether oxygens (including phenoxy) is 2. The van der Waals surface area contributed by atoms with Gasteiger partial charge in [0, 0.05) is 12.8 Å². The summed E-state index contributed by atoms with van der Waals surface area (Å²) >= 11 is 0. The highest BCUT2D eigenvalue weighted by molar-refractivity contribution is 5.70. The first-order valence-electron chi connectivity index (χ1n) is 20.9. The zero-order valence-corrected chi connectivity index (χ0v) is 34.3. The fraction of sp³-hybridized carbons (Fsp3) is 0.860. The molecule has 0 fully saturated rings. The second-order valence-electron chi connectivity index (χ2n) is 14.9. The number of aliphatic hydroxyl groups excluding tert-OH is 1. The van der Waals surface area contributed by atoms with E-state index in [4.69, 9.17) is 9.47 Å². The number of quaternary nitrogens is 1. The molecule has 0 radical (unpaired) electrons. The average molecular weight is 729 g/mol. The SMILES string of the molecule is CCCCCCCC/C=C\CCCCCCCC(=O)OC(CO)C(OC(=O)CCCCCCC/C=C\CCCCCCCC)[N+](C)(C)CC.[Cl-]. The Labute approximate surface area is 316 Å². The van der Waals surface area contributed by atoms with E-state index in [1.54, 1.807) is 0 Å². The molecule has 0 aromatic rings. The van der Waals surface area contributed by atoms with Crippen molar-refractivity contribution in [3.8, 4) is 0 Å². The Morgan fingerprint density at radius 3 is 1.18 bits per heavy atom. The number of esters is 2. The first-order valence-corrected chi connectivity index (χ1v) is 20.9. The molecule has 296 valence electrons. The van der Waals surface area contributed by atoms with Crippen molar-refractivity contribution in [3.63, 3.8) is 0 Å². The monoisotopic (exact) mass is 728 g/mol. The lowest BCUT2D eigenvalue weighted by Crippen LogP contribution is -3.00. The van der Waals surface area contributed by atoms with Crippen molar-refractivity contribution in [2.45, 2.75) is 213 Å². The third-order valence-electron chi connectivity index (χ3n) is 9.82. The lowest BCUT2D eigenvalue weighted by molar-refractivity contribution is -0.937. The second-order valence-corrected chi connectivity index (χ2v) is 14.9. The van der Waals surface area contributed by atoms with Gasteiger partial charge in [-0.15, -0.1) is 0 Å². The molecule has 0 bridgehead atoms. The van der Waals surface area contributed by atoms with E-state index in [0.717, 1.165) is 51.4 Å². The molecule has 1 N–H and O–H groups in total. The highest BCUT2D eigenvalue weighted by atomic mass is 35.5. The molecule has 7 heteroatoms. The van der Waals surface area contributed by atoms with Crippen molar-refractivity contribution in [3.05, 3.63) is 24.3 Å². The Kier molecular flexibility index (Phi) is 37.9. The van der Waals surface area contributed by atoms with E-state index < -0.39 is 12.3 Å². The summed E-state index contributed by atoms with van der Waals surface area (Å²) in [7, 11) is 3.89. The van der Waals surface area contributed by atoms with Gasteiger partial charge in [0.25, 0.3) is 6.23 Å². The normalized spacial score (nSPS) is 13.1. The van der Waals surface area contributed by atoms with Crippen molar-refractivity contribution in [1.29, 1.82) is 0 Å². The lowest BCUT2D eigenvalue weighted by Gasteiger charge is -2.39. The summed E-state index contributed by atoms with van der Waals surface area (Å²) in [6.07, 6.45) is 39.8. The molecule has 0 heterocycles. The predicted octanol–water partition coefficient (Wildman–Crippen LogP) is 8.94. The molecule has 0 aliphatic carbocycles. The van der Waals surface area contributed by atoms with E-state index in [1.165, 1.54) is 116 Å². The van der Waals surface area contributed by atoms with Gasteiger partial charge in [-0.2, -0.15) is 0 Å². The standard InChI is InChI=1S/C43H82NO5.ClH/c1-6-9-11-13-15-17-19-21-23-25-27-29-31-33-35-37-41(46)48-40(39-45)43(44(4,5)8-3)49-42(47)38-36-34-32-30-28-26-24-22-20-18-16-14-12-10-7-2;/h21-24,40,43,45H,6-20,25-39H2,1-5H3;1H/q+1;/p-1/b23-21-,24-22-;. The van der Waals surface area contributed by atoms with Gasteiger partial charge in [-0.1, -0.05) is 141 Å². The smallest absolute Gasteiger partial charge is 0.310 e. The van der Waals surface area contributed by atoms with E-state index in [9.17, 15) is 14.7 Å². The van der Waals surface area contributed by atoms with Gasteiger partial charge in [-0.05, 0) is 71.1 Å². The Morgan fingerprint density at radius 1 is 0.520 bits per heavy atom. The van der Waals surface area contributed by atoms with Gasteiger partial charge < -0.3 is 27.0 Å². The van der Waals surface area contributed by atoms with Crippen molar-refractivity contribution in [2.75, 3.05) is 27.2 Å². The van der Waals surface area contributed by atoms with Crippen LogP contribution in [0.5, 0.6) is 0 Å². The number of likely N-dealkylation sites (N-methyl/N-ethyl adjacent to an activating group) is 1. The van der Waals surface area contributed by atoms with Gasteiger partial charge >= 0.3 is 11.9 Å². The molecule has 0 rings (SSSR count). The Balaban J connectivity index is 0. The summed E-state index contributed by atoms with van der Waals surface area (Å²) in [5.74, 6) is -0.611. The molecular formula is C43H82ClNO5. The number of hydrogen-bond donors (Lipinski definition) is 1. The molecule has 0 aromatic heterocycles. The Hall–Kier alpha value is -1.37. The van der Waals surface area contributed by atoms with Crippen LogP contribution < -0.4 is 12.4 Å². The predicted molar refractivity (Wildman–Crippen MR) is 208 cm³/mol. The van der Waals surface area contributed by atoms with Crippen LogP contribution in [-0.4, -0.2) is 61.1 Å². The number of halogens is 1. The van der Waals surface area contributed by atoms with Crippen LogP contribution in [0.4, 0.5) is 0 Å². The molecule has 0 aromatic carbocycles. The highest BCUT2D eigenvalue weighted by Gasteiger charge is 2.40. The molecule has 2 unspecified atom stereocenters. The summed E-state index contributed by atoms with van der Waals surface area (Å²) in [4.78, 5) is 25.5. The molecule has 0 spiro atoms. The van der Waals surface area contributed by atoms with E-state index in [0.29, 0.717) is 23.9 Å². The van der Waals surface area contributed by atoms with E-state index in [1.807, 2.05) is 21.0 Å². The molecule has 50 heavy (non-hydrogen) atoms. The number of carbonyl (C=O) groups is 2. The number of carbonyl (C=O) groups excluding carboxylic acids is 2. The third-order valence-corrected chi connectivity index (χ3v) is 9.82. The zero-order chi connectivity index (χ0) is 36.3. The van der Waals surface area contributed by atoms with Crippen molar-refractivity contribution in [1.82, 2.24) is 0 Å². The van der Waals surface area contributed by atoms with Crippen LogP contribution in [0, 0.1) is 0 Å². The fourth-order valence-corrected chi connectivity index (χ4v) is 6.14. The van der Waals surface area contributed by atoms with Crippen molar-refractivity contribution >= 4 is 11.9 Å². The maximum Gasteiger partial charge on any atom is 0.310 e. The largest absolute Gasteiger partial charge is 1.00 e.